The molecule has 2 N–H and O–H groups in total. The fraction of sp³-hybridized carbons (Fsp3) is 0.304. The molecule has 0 fully saturated rings. The molecule has 10 heteroatoms. The summed E-state index contributed by atoms with van der Waals surface area (Å²) < 4.78 is 12.2. The van der Waals surface area contributed by atoms with E-state index >= 15 is 0 Å². The first kappa shape index (κ1) is 22.4. The molecule has 0 aromatic carbocycles. The van der Waals surface area contributed by atoms with Gasteiger partial charge in [-0.25, -0.2) is 9.78 Å². The van der Waals surface area contributed by atoms with Gasteiger partial charge in [0.25, 0.3) is 0 Å². The second kappa shape index (κ2) is 10.2. The quantitative estimate of drug-likeness (QED) is 0.514. The predicted octanol–water partition coefficient (Wildman–Crippen LogP) is 3.63. The average Bonchev–Trinajstić information content (AvgIpc) is 3.54. The summed E-state index contributed by atoms with van der Waals surface area (Å²) in [6, 6.07) is 3.98. The van der Waals surface area contributed by atoms with Gasteiger partial charge >= 0.3 is 6.09 Å². The van der Waals surface area contributed by atoms with E-state index in [-0.39, 0.29) is 11.8 Å². The molecule has 0 spiro atoms. The van der Waals surface area contributed by atoms with Gasteiger partial charge in [-0.15, -0.1) is 11.3 Å². The van der Waals surface area contributed by atoms with Gasteiger partial charge in [-0.1, -0.05) is 0 Å². The fourth-order valence-corrected chi connectivity index (χ4v) is 4.98. The normalized spacial score (nSPS) is 15.1. The number of hydrogen-bond acceptors (Lipinski definition) is 7. The van der Waals surface area contributed by atoms with Crippen LogP contribution in [0.5, 0.6) is 0 Å². The van der Waals surface area contributed by atoms with Crippen LogP contribution >= 0.6 is 11.3 Å². The fourth-order valence-electron chi connectivity index (χ4n) is 3.66. The number of nitriles is 1. The number of nitrogens with zero attached hydrogens (tertiary/aromatic N) is 3. The molecule has 0 radical (unpaired) electrons. The van der Waals surface area contributed by atoms with Crippen molar-refractivity contribution in [1.82, 2.24) is 14.9 Å². The number of carbonyl (C=O) groups excluding carboxylic acids is 2. The molecular formula is C23H23N5O4S. The molecule has 4 rings (SSSR count). The van der Waals surface area contributed by atoms with E-state index in [0.29, 0.717) is 36.6 Å². The third kappa shape index (κ3) is 5.70. The summed E-state index contributed by atoms with van der Waals surface area (Å²) >= 11 is 1.41. The minimum Gasteiger partial charge on any atom is -0.472 e. The maximum absolute atomic E-state index is 12.3. The zero-order valence-electron chi connectivity index (χ0n) is 18.0. The number of alkyl carbamates (subject to hydrolysis) is 1. The van der Waals surface area contributed by atoms with Crippen LogP contribution in [0.3, 0.4) is 0 Å². The van der Waals surface area contributed by atoms with Crippen LogP contribution in [0, 0.1) is 17.2 Å². The van der Waals surface area contributed by atoms with Crippen molar-refractivity contribution >= 4 is 34.4 Å². The van der Waals surface area contributed by atoms with E-state index in [1.807, 2.05) is 17.8 Å². The second-order valence-corrected chi connectivity index (χ2v) is 8.90. The summed E-state index contributed by atoms with van der Waals surface area (Å²) in [5.41, 5.74) is 3.04. The number of ether oxygens (including phenoxy) is 1. The maximum atomic E-state index is 12.3. The van der Waals surface area contributed by atoms with Gasteiger partial charge in [-0.05, 0) is 42.9 Å². The number of carbonyl (C=O) groups is 2. The SMILES string of the molecule is Cn1cnc(CNC(=O)OCC2CCc3c(sc(NC(=O)/C=C/c4ccoc4)c3C#N)C2)c1. The van der Waals surface area contributed by atoms with Gasteiger partial charge in [0.15, 0.2) is 0 Å². The molecule has 3 heterocycles. The molecule has 9 nitrogen and oxygen atoms in total. The molecule has 0 bridgehead atoms. The zero-order chi connectivity index (χ0) is 23.2. The number of amides is 2. The van der Waals surface area contributed by atoms with Crippen LogP contribution in [0.4, 0.5) is 9.80 Å². The number of aryl methyl sites for hydroxylation is 1. The van der Waals surface area contributed by atoms with Crippen molar-refractivity contribution in [3.8, 4) is 6.07 Å². The number of nitrogens with one attached hydrogen (secondary N) is 2. The minimum atomic E-state index is -0.479. The van der Waals surface area contributed by atoms with Crippen molar-refractivity contribution in [3.05, 3.63) is 64.5 Å². The van der Waals surface area contributed by atoms with Gasteiger partial charge in [0.2, 0.25) is 5.91 Å². The van der Waals surface area contributed by atoms with Crippen molar-refractivity contribution in [2.24, 2.45) is 13.0 Å². The van der Waals surface area contributed by atoms with Crippen LogP contribution < -0.4 is 10.6 Å². The Labute approximate surface area is 194 Å². The molecule has 1 unspecified atom stereocenters. The van der Waals surface area contributed by atoms with E-state index in [0.717, 1.165) is 28.1 Å². The number of furan rings is 1. The number of anilines is 1. The predicted molar refractivity (Wildman–Crippen MR) is 122 cm³/mol. The van der Waals surface area contributed by atoms with E-state index in [4.69, 9.17) is 9.15 Å². The Hall–Kier alpha value is -3.84. The molecule has 3 aromatic rings. The van der Waals surface area contributed by atoms with Crippen LogP contribution in [0.25, 0.3) is 6.08 Å². The van der Waals surface area contributed by atoms with Crippen LogP contribution in [0.1, 0.15) is 33.7 Å². The van der Waals surface area contributed by atoms with Crippen LogP contribution in [0.2, 0.25) is 0 Å². The number of thiophene rings is 1. The Morgan fingerprint density at radius 1 is 1.48 bits per heavy atom. The van der Waals surface area contributed by atoms with Gasteiger partial charge in [-0.2, -0.15) is 5.26 Å². The largest absolute Gasteiger partial charge is 0.472 e. The van der Waals surface area contributed by atoms with Gasteiger partial charge in [-0.3, -0.25) is 4.79 Å². The Kier molecular flexibility index (Phi) is 6.90. The van der Waals surface area contributed by atoms with Gasteiger partial charge in [0.05, 0.1) is 43.3 Å². The molecule has 1 aliphatic rings. The highest BCUT2D eigenvalue weighted by atomic mass is 32.1. The molecule has 2 amide bonds. The van der Waals surface area contributed by atoms with Crippen molar-refractivity contribution in [2.75, 3.05) is 11.9 Å². The van der Waals surface area contributed by atoms with E-state index < -0.39 is 6.09 Å². The summed E-state index contributed by atoms with van der Waals surface area (Å²) in [4.78, 5) is 29.5. The molecule has 170 valence electrons. The van der Waals surface area contributed by atoms with E-state index in [2.05, 4.69) is 21.7 Å². The van der Waals surface area contributed by atoms with Crippen molar-refractivity contribution in [2.45, 2.75) is 25.8 Å². The Morgan fingerprint density at radius 3 is 3.09 bits per heavy atom. The Bertz CT molecular complexity index is 1200. The first-order chi connectivity index (χ1) is 16.0. The molecule has 0 saturated carbocycles. The van der Waals surface area contributed by atoms with E-state index in [9.17, 15) is 14.9 Å². The summed E-state index contributed by atoms with van der Waals surface area (Å²) in [7, 11) is 1.86. The van der Waals surface area contributed by atoms with Crippen LogP contribution in [-0.4, -0.2) is 28.2 Å². The van der Waals surface area contributed by atoms with Crippen LogP contribution in [0.15, 0.2) is 41.6 Å². The maximum Gasteiger partial charge on any atom is 0.407 e. The van der Waals surface area contributed by atoms with E-state index in [1.165, 1.54) is 29.9 Å². The summed E-state index contributed by atoms with van der Waals surface area (Å²) in [6.45, 7) is 0.603. The van der Waals surface area contributed by atoms with Gasteiger partial charge in [0, 0.05) is 29.8 Å². The highest BCUT2D eigenvalue weighted by molar-refractivity contribution is 7.16. The lowest BCUT2D eigenvalue weighted by Gasteiger charge is -2.21. The number of fused-ring (bicyclic) bond motifs is 1. The first-order valence-corrected chi connectivity index (χ1v) is 11.3. The molecule has 1 atom stereocenters. The number of hydrogen-bond donors (Lipinski definition) is 2. The van der Waals surface area contributed by atoms with Crippen LogP contribution in [-0.2, 0) is 36.0 Å². The lowest BCUT2D eigenvalue weighted by Crippen LogP contribution is -2.27. The van der Waals surface area contributed by atoms with Crippen molar-refractivity contribution in [1.29, 1.82) is 5.26 Å². The molecule has 1 aliphatic carbocycles. The standard InChI is InChI=1S/C23H23N5O4S/c1-28-11-17(26-14-28)10-25-23(30)32-13-16-2-4-18-19(9-24)22(33-20(18)8-16)27-21(29)5-3-15-6-7-31-12-15/h3,5-7,11-12,14,16H,2,4,8,10,13H2,1H3,(H,25,30)(H,27,29)/b5-3+. The number of aromatic nitrogens is 2. The zero-order valence-corrected chi connectivity index (χ0v) is 18.9. The Morgan fingerprint density at radius 2 is 2.36 bits per heavy atom. The topological polar surface area (TPSA) is 122 Å². The summed E-state index contributed by atoms with van der Waals surface area (Å²) in [5.74, 6) is -0.149. The average molecular weight is 466 g/mol. The first-order valence-electron chi connectivity index (χ1n) is 10.4. The van der Waals surface area contributed by atoms with Gasteiger partial charge in [0.1, 0.15) is 11.1 Å². The molecule has 0 saturated heterocycles. The third-order valence-corrected chi connectivity index (χ3v) is 6.48. The minimum absolute atomic E-state index is 0.160. The second-order valence-electron chi connectivity index (χ2n) is 7.79. The summed E-state index contributed by atoms with van der Waals surface area (Å²) in [6.07, 6.45) is 11.4. The molecule has 0 aliphatic heterocycles. The lowest BCUT2D eigenvalue weighted by molar-refractivity contribution is -0.111. The number of rotatable bonds is 7. The molecular weight excluding hydrogens is 442 g/mol. The molecule has 3 aromatic heterocycles. The van der Waals surface area contributed by atoms with Gasteiger partial charge < -0.3 is 24.4 Å². The smallest absolute Gasteiger partial charge is 0.407 e. The lowest BCUT2D eigenvalue weighted by atomic mass is 9.88. The van der Waals surface area contributed by atoms with Crippen molar-refractivity contribution in [3.63, 3.8) is 0 Å². The van der Waals surface area contributed by atoms with E-state index in [1.54, 1.807) is 18.5 Å². The summed E-state index contributed by atoms with van der Waals surface area (Å²) in [5, 5.41) is 15.7. The third-order valence-electron chi connectivity index (χ3n) is 5.31. The Balaban J connectivity index is 1.31. The highest BCUT2D eigenvalue weighted by Gasteiger charge is 2.27. The number of imidazole rings is 1. The highest BCUT2D eigenvalue weighted by Crippen LogP contribution is 2.39. The van der Waals surface area contributed by atoms with Crippen molar-refractivity contribution < 1.29 is 18.7 Å². The molecule has 33 heavy (non-hydrogen) atoms. The monoisotopic (exact) mass is 465 g/mol.